The maximum absolute atomic E-state index is 5.25. The summed E-state index contributed by atoms with van der Waals surface area (Å²) in [5.74, 6) is 0.844. The van der Waals surface area contributed by atoms with Crippen LogP contribution in [-0.4, -0.2) is 42.0 Å². The molecular weight excluding hydrogens is 242 g/mol. The minimum atomic E-state index is 0.239. The summed E-state index contributed by atoms with van der Waals surface area (Å²) in [6.45, 7) is 8.28. The van der Waals surface area contributed by atoms with E-state index in [2.05, 4.69) is 34.6 Å². The van der Waals surface area contributed by atoms with E-state index in [9.17, 15) is 0 Å². The van der Waals surface area contributed by atoms with Crippen LogP contribution in [0.5, 0.6) is 0 Å². The van der Waals surface area contributed by atoms with Gasteiger partial charge < -0.3 is 15.4 Å². The fourth-order valence-corrected chi connectivity index (χ4v) is 1.91. The van der Waals surface area contributed by atoms with Crippen LogP contribution in [0.15, 0.2) is 17.3 Å². The van der Waals surface area contributed by atoms with Crippen molar-refractivity contribution in [2.45, 2.75) is 20.4 Å². The summed E-state index contributed by atoms with van der Waals surface area (Å²) in [6, 6.07) is 1.98. The lowest BCUT2D eigenvalue weighted by Crippen LogP contribution is -2.51. The molecule has 2 rings (SSSR count). The van der Waals surface area contributed by atoms with Gasteiger partial charge >= 0.3 is 0 Å². The Kier molecular flexibility index (Phi) is 4.42. The molecule has 0 spiro atoms. The van der Waals surface area contributed by atoms with Crippen molar-refractivity contribution in [3.8, 4) is 0 Å². The summed E-state index contributed by atoms with van der Waals surface area (Å²) in [5.41, 5.74) is 1.33. The van der Waals surface area contributed by atoms with Crippen LogP contribution in [0.25, 0.3) is 0 Å². The second-order valence-electron chi connectivity index (χ2n) is 5.30. The molecule has 0 amide bonds. The lowest BCUT2D eigenvalue weighted by atomic mass is 9.89. The van der Waals surface area contributed by atoms with Crippen molar-refractivity contribution >= 4 is 5.96 Å². The quantitative estimate of drug-likeness (QED) is 0.601. The second-order valence-corrected chi connectivity index (χ2v) is 5.30. The molecule has 106 valence electrons. The minimum absolute atomic E-state index is 0.239. The molecule has 0 atom stereocenters. The minimum Gasteiger partial charge on any atom is -0.380 e. The monoisotopic (exact) mass is 265 g/mol. The van der Waals surface area contributed by atoms with E-state index < -0.39 is 0 Å². The van der Waals surface area contributed by atoms with Crippen LogP contribution in [0.1, 0.15) is 19.5 Å². The highest BCUT2D eigenvalue weighted by Gasteiger charge is 2.33. The second kappa shape index (κ2) is 6.06. The molecule has 0 radical (unpaired) electrons. The lowest BCUT2D eigenvalue weighted by molar-refractivity contribution is -0.0971. The molecule has 6 heteroatoms. The Morgan fingerprint density at radius 3 is 2.84 bits per heavy atom. The molecule has 1 aromatic heterocycles. The molecule has 1 aromatic rings. The van der Waals surface area contributed by atoms with Gasteiger partial charge in [0.25, 0.3) is 0 Å². The molecule has 0 aliphatic carbocycles. The van der Waals surface area contributed by atoms with Gasteiger partial charge in [0, 0.05) is 31.7 Å². The van der Waals surface area contributed by atoms with Crippen LogP contribution in [0.4, 0.5) is 0 Å². The Hall–Kier alpha value is -1.56. The Bertz CT molecular complexity index is 436. The first-order chi connectivity index (χ1) is 9.13. The molecular formula is C13H23N5O. The number of hydrogen-bond donors (Lipinski definition) is 2. The SMILES string of the molecule is CCNC(=NCc1ccnn1C)NCC1(C)COC1. The van der Waals surface area contributed by atoms with Gasteiger partial charge in [0.2, 0.25) is 0 Å². The van der Waals surface area contributed by atoms with Gasteiger partial charge in [0.05, 0.1) is 25.5 Å². The largest absolute Gasteiger partial charge is 0.380 e. The number of nitrogens with zero attached hydrogens (tertiary/aromatic N) is 3. The van der Waals surface area contributed by atoms with Gasteiger partial charge in [-0.1, -0.05) is 6.92 Å². The zero-order valence-corrected chi connectivity index (χ0v) is 11.9. The average molecular weight is 265 g/mol. The van der Waals surface area contributed by atoms with E-state index in [1.54, 1.807) is 6.20 Å². The van der Waals surface area contributed by atoms with Crippen LogP contribution in [0.2, 0.25) is 0 Å². The Morgan fingerprint density at radius 2 is 2.32 bits per heavy atom. The van der Waals surface area contributed by atoms with Crippen molar-refractivity contribution in [3.05, 3.63) is 18.0 Å². The first kappa shape index (κ1) is 13.9. The highest BCUT2D eigenvalue weighted by atomic mass is 16.5. The zero-order valence-electron chi connectivity index (χ0n) is 11.9. The summed E-state index contributed by atoms with van der Waals surface area (Å²) >= 11 is 0. The topological polar surface area (TPSA) is 63.5 Å². The van der Waals surface area contributed by atoms with E-state index in [0.717, 1.165) is 38.0 Å². The van der Waals surface area contributed by atoms with Crippen LogP contribution in [-0.2, 0) is 18.3 Å². The molecule has 0 bridgehead atoms. The number of guanidine groups is 1. The van der Waals surface area contributed by atoms with Crippen molar-refractivity contribution in [2.75, 3.05) is 26.3 Å². The molecule has 2 N–H and O–H groups in total. The molecule has 1 fully saturated rings. The van der Waals surface area contributed by atoms with Crippen molar-refractivity contribution in [1.29, 1.82) is 0 Å². The molecule has 1 saturated heterocycles. The third-order valence-electron chi connectivity index (χ3n) is 3.25. The van der Waals surface area contributed by atoms with Gasteiger partial charge in [0.15, 0.2) is 5.96 Å². The summed E-state index contributed by atoms with van der Waals surface area (Å²) in [4.78, 5) is 4.57. The van der Waals surface area contributed by atoms with E-state index in [-0.39, 0.29) is 5.41 Å². The van der Waals surface area contributed by atoms with Gasteiger partial charge in [-0.05, 0) is 13.0 Å². The van der Waals surface area contributed by atoms with Gasteiger partial charge in [0.1, 0.15) is 0 Å². The fourth-order valence-electron chi connectivity index (χ4n) is 1.91. The maximum Gasteiger partial charge on any atom is 0.191 e. The van der Waals surface area contributed by atoms with Crippen LogP contribution >= 0.6 is 0 Å². The van der Waals surface area contributed by atoms with Crippen molar-refractivity contribution in [2.24, 2.45) is 17.5 Å². The predicted octanol–water partition coefficient (Wildman–Crippen LogP) is 0.512. The number of aryl methyl sites for hydroxylation is 1. The summed E-state index contributed by atoms with van der Waals surface area (Å²) < 4.78 is 7.09. The highest BCUT2D eigenvalue weighted by Crippen LogP contribution is 2.24. The van der Waals surface area contributed by atoms with E-state index in [1.165, 1.54) is 0 Å². The van der Waals surface area contributed by atoms with E-state index in [0.29, 0.717) is 6.54 Å². The summed E-state index contributed by atoms with van der Waals surface area (Å²) in [5, 5.41) is 10.8. The predicted molar refractivity (Wildman–Crippen MR) is 75.0 cm³/mol. The van der Waals surface area contributed by atoms with Crippen LogP contribution in [0.3, 0.4) is 0 Å². The number of nitrogens with one attached hydrogen (secondary N) is 2. The highest BCUT2D eigenvalue weighted by molar-refractivity contribution is 5.79. The third-order valence-corrected chi connectivity index (χ3v) is 3.25. The molecule has 1 aliphatic heterocycles. The molecule has 0 unspecified atom stereocenters. The van der Waals surface area contributed by atoms with Crippen molar-refractivity contribution in [3.63, 3.8) is 0 Å². The average Bonchev–Trinajstić information content (AvgIpc) is 2.76. The molecule has 0 saturated carbocycles. The normalized spacial score (nSPS) is 17.9. The van der Waals surface area contributed by atoms with Crippen molar-refractivity contribution in [1.82, 2.24) is 20.4 Å². The van der Waals surface area contributed by atoms with Crippen LogP contribution in [0, 0.1) is 5.41 Å². The fraction of sp³-hybridized carbons (Fsp3) is 0.692. The third kappa shape index (κ3) is 3.70. The number of aromatic nitrogens is 2. The smallest absolute Gasteiger partial charge is 0.191 e. The van der Waals surface area contributed by atoms with Gasteiger partial charge in [-0.25, -0.2) is 4.99 Å². The van der Waals surface area contributed by atoms with E-state index >= 15 is 0 Å². The molecule has 0 aromatic carbocycles. The van der Waals surface area contributed by atoms with E-state index in [4.69, 9.17) is 4.74 Å². The zero-order chi connectivity index (χ0) is 13.7. The molecule has 1 aliphatic rings. The Labute approximate surface area is 114 Å². The number of rotatable bonds is 5. The van der Waals surface area contributed by atoms with Gasteiger partial charge in [-0.3, -0.25) is 4.68 Å². The van der Waals surface area contributed by atoms with Gasteiger partial charge in [-0.2, -0.15) is 5.10 Å². The summed E-state index contributed by atoms with van der Waals surface area (Å²) in [7, 11) is 1.93. The Balaban J connectivity index is 1.89. The maximum atomic E-state index is 5.25. The standard InChI is InChI=1S/C13H23N5O/c1-4-14-12(16-8-13(2)9-19-10-13)15-7-11-5-6-17-18(11)3/h5-6H,4,7-10H2,1-3H3,(H2,14,15,16). The number of ether oxygens (including phenoxy) is 1. The number of hydrogen-bond acceptors (Lipinski definition) is 3. The van der Waals surface area contributed by atoms with Crippen LogP contribution < -0.4 is 10.6 Å². The summed E-state index contributed by atoms with van der Waals surface area (Å²) in [6.07, 6.45) is 1.79. The molecule has 19 heavy (non-hydrogen) atoms. The molecule has 2 heterocycles. The number of aliphatic imine (C=N–C) groups is 1. The van der Waals surface area contributed by atoms with Gasteiger partial charge in [-0.15, -0.1) is 0 Å². The van der Waals surface area contributed by atoms with Crippen molar-refractivity contribution < 1.29 is 4.74 Å². The first-order valence-corrected chi connectivity index (χ1v) is 6.70. The lowest BCUT2D eigenvalue weighted by Gasteiger charge is -2.38. The molecule has 6 nitrogen and oxygen atoms in total. The Morgan fingerprint density at radius 1 is 1.53 bits per heavy atom. The first-order valence-electron chi connectivity index (χ1n) is 6.70. The van der Waals surface area contributed by atoms with E-state index in [1.807, 2.05) is 17.8 Å².